The van der Waals surface area contributed by atoms with Crippen LogP contribution in [0.1, 0.15) is 84.5 Å². The fourth-order valence-corrected chi connectivity index (χ4v) is 7.87. The van der Waals surface area contributed by atoms with Crippen molar-refractivity contribution in [1.82, 2.24) is 50.8 Å². The van der Waals surface area contributed by atoms with Gasteiger partial charge in [-0.05, 0) is 87.2 Å². The molecule has 3 aliphatic rings. The predicted octanol–water partition coefficient (Wildman–Crippen LogP) is 5.88. The van der Waals surface area contributed by atoms with Gasteiger partial charge in [-0.15, -0.1) is 0 Å². The number of hydrogen-bond acceptors (Lipinski definition) is 11. The van der Waals surface area contributed by atoms with Gasteiger partial charge in [-0.2, -0.15) is 18.3 Å². The van der Waals surface area contributed by atoms with E-state index in [9.17, 15) is 27.6 Å². The molecular formula is C39H38F5N11O4. The number of aromatic amines is 1. The molecule has 5 aromatic rings. The summed E-state index contributed by atoms with van der Waals surface area (Å²) < 4.78 is 75.8. The summed E-state index contributed by atoms with van der Waals surface area (Å²) in [7, 11) is 0. The molecule has 308 valence electrons. The van der Waals surface area contributed by atoms with Crippen LogP contribution >= 0.6 is 0 Å². The van der Waals surface area contributed by atoms with Crippen molar-refractivity contribution in [2.24, 2.45) is 5.41 Å². The summed E-state index contributed by atoms with van der Waals surface area (Å²) in [4.78, 5) is 56.9. The molecule has 8 rings (SSSR count). The normalized spacial score (nSPS) is 19.9. The second-order valence-electron chi connectivity index (χ2n) is 15.9. The van der Waals surface area contributed by atoms with Crippen LogP contribution < -0.4 is 15.5 Å². The fourth-order valence-electron chi connectivity index (χ4n) is 7.87. The third-order valence-electron chi connectivity index (χ3n) is 11.4. The number of hydrogen-bond donors (Lipinski definition) is 3. The molecule has 0 radical (unpaired) electrons. The maximum atomic E-state index is 15.6. The van der Waals surface area contributed by atoms with Crippen LogP contribution in [0.25, 0.3) is 22.8 Å². The molecule has 20 heteroatoms. The first kappa shape index (κ1) is 39.6. The van der Waals surface area contributed by atoms with Gasteiger partial charge in [0.1, 0.15) is 28.6 Å². The number of nitrogens with one attached hydrogen (secondary N) is 3. The van der Waals surface area contributed by atoms with Crippen LogP contribution in [0.3, 0.4) is 0 Å². The largest absolute Gasteiger partial charge is 0.401 e. The number of carbonyl (C=O) groups is 3. The van der Waals surface area contributed by atoms with E-state index in [1.54, 1.807) is 19.2 Å². The standard InChI is InChI=1S/C39H38F5N11O4/c1-20-24(16-46-33(48-20)27-12-29(59-53-27)34(57)47-17-30-49-35(52-51-30)37(2,3)39(42,43)44)32-26(41)10-21(15-45-32)18-54-9-7-38(19-54)13-23(14-38)22-4-5-28(25(40)11-22)55-8-6-31(56)50-36(55)58/h4-5,10-12,15-16,23H,6-9,13-14,17-19H2,1-3H3,(H,47,57)(H,49,51,52)(H,50,56,58). The van der Waals surface area contributed by atoms with E-state index in [4.69, 9.17) is 4.52 Å². The van der Waals surface area contributed by atoms with Gasteiger partial charge in [-0.3, -0.25) is 34.8 Å². The molecule has 59 heavy (non-hydrogen) atoms. The zero-order valence-corrected chi connectivity index (χ0v) is 32.1. The van der Waals surface area contributed by atoms with Gasteiger partial charge in [0, 0.05) is 50.1 Å². The summed E-state index contributed by atoms with van der Waals surface area (Å²) >= 11 is 0. The molecule has 4 amide bonds. The van der Waals surface area contributed by atoms with Crippen molar-refractivity contribution in [1.29, 1.82) is 0 Å². The molecule has 0 atom stereocenters. The molecule has 1 spiro atoms. The number of urea groups is 1. The molecule has 1 saturated carbocycles. The highest BCUT2D eigenvalue weighted by Gasteiger charge is 2.51. The highest BCUT2D eigenvalue weighted by molar-refractivity contribution is 6.05. The van der Waals surface area contributed by atoms with Crippen molar-refractivity contribution in [3.63, 3.8) is 0 Å². The number of carbonyl (C=O) groups excluding carboxylic acids is 3. The predicted molar refractivity (Wildman–Crippen MR) is 198 cm³/mol. The third kappa shape index (κ3) is 7.75. The van der Waals surface area contributed by atoms with Crippen molar-refractivity contribution in [3.8, 4) is 22.8 Å². The molecular weight excluding hydrogens is 781 g/mol. The summed E-state index contributed by atoms with van der Waals surface area (Å²) in [5, 5.41) is 14.6. The lowest BCUT2D eigenvalue weighted by Gasteiger charge is -2.46. The summed E-state index contributed by atoms with van der Waals surface area (Å²) in [6.45, 7) is 5.59. The number of rotatable bonds is 10. The molecule has 3 N–H and O–H groups in total. The second kappa shape index (κ2) is 14.9. The Hall–Kier alpha value is -6.18. The molecule has 3 fully saturated rings. The lowest BCUT2D eigenvalue weighted by Crippen LogP contribution is -2.49. The van der Waals surface area contributed by atoms with Gasteiger partial charge < -0.3 is 9.84 Å². The van der Waals surface area contributed by atoms with E-state index in [1.807, 2.05) is 6.07 Å². The monoisotopic (exact) mass is 819 g/mol. The van der Waals surface area contributed by atoms with Crippen molar-refractivity contribution in [3.05, 3.63) is 88.6 Å². The number of aryl methyl sites for hydroxylation is 1. The number of benzene rings is 1. The summed E-state index contributed by atoms with van der Waals surface area (Å²) in [6.07, 6.45) is 1.33. The van der Waals surface area contributed by atoms with Gasteiger partial charge in [0.25, 0.3) is 5.91 Å². The summed E-state index contributed by atoms with van der Waals surface area (Å²) in [5.74, 6) is -2.51. The first-order valence-corrected chi connectivity index (χ1v) is 18.8. The van der Waals surface area contributed by atoms with Crippen molar-refractivity contribution in [2.45, 2.75) is 77.1 Å². The number of anilines is 1. The van der Waals surface area contributed by atoms with E-state index in [0.717, 1.165) is 51.8 Å². The lowest BCUT2D eigenvalue weighted by molar-refractivity contribution is -0.182. The summed E-state index contributed by atoms with van der Waals surface area (Å²) in [6, 6.07) is 7.06. The van der Waals surface area contributed by atoms with Crippen LogP contribution in [0.15, 0.2) is 47.2 Å². The van der Waals surface area contributed by atoms with Crippen molar-refractivity contribution >= 4 is 23.5 Å². The Morgan fingerprint density at radius 1 is 1.03 bits per heavy atom. The maximum Gasteiger partial charge on any atom is 0.401 e. The van der Waals surface area contributed by atoms with Gasteiger partial charge in [0.05, 0.1) is 17.9 Å². The molecule has 1 aliphatic carbocycles. The molecule has 15 nitrogen and oxygen atoms in total. The topological polar surface area (TPSA) is 188 Å². The number of alkyl halides is 3. The minimum atomic E-state index is -4.58. The number of H-pyrrole nitrogens is 1. The average molecular weight is 820 g/mol. The molecule has 4 aromatic heterocycles. The summed E-state index contributed by atoms with van der Waals surface area (Å²) in [5.41, 5.74) is 0.479. The number of likely N-dealkylation sites (tertiary alicyclic amines) is 1. The van der Waals surface area contributed by atoms with Crippen LogP contribution in [-0.4, -0.2) is 83.8 Å². The van der Waals surface area contributed by atoms with E-state index in [1.165, 1.54) is 29.3 Å². The van der Waals surface area contributed by atoms with Crippen LogP contribution in [0.5, 0.6) is 0 Å². The van der Waals surface area contributed by atoms with Crippen LogP contribution in [0, 0.1) is 24.0 Å². The Bertz CT molecular complexity index is 2460. The Morgan fingerprint density at radius 2 is 1.83 bits per heavy atom. The zero-order chi connectivity index (χ0) is 41.9. The minimum absolute atomic E-state index is 0.00876. The quantitative estimate of drug-likeness (QED) is 0.143. The van der Waals surface area contributed by atoms with Gasteiger partial charge in [0.2, 0.25) is 11.7 Å². The first-order chi connectivity index (χ1) is 28.0. The highest BCUT2D eigenvalue weighted by Crippen LogP contribution is 2.56. The van der Waals surface area contributed by atoms with E-state index >= 15 is 8.78 Å². The van der Waals surface area contributed by atoms with Crippen LogP contribution in [0.2, 0.25) is 0 Å². The van der Waals surface area contributed by atoms with Gasteiger partial charge in [0.15, 0.2) is 17.3 Å². The fraction of sp³-hybridized carbons (Fsp3) is 0.410. The van der Waals surface area contributed by atoms with E-state index < -0.39 is 41.0 Å². The number of amides is 4. The molecule has 6 heterocycles. The first-order valence-electron chi connectivity index (χ1n) is 18.8. The van der Waals surface area contributed by atoms with Crippen molar-refractivity contribution in [2.75, 3.05) is 24.5 Å². The van der Waals surface area contributed by atoms with E-state index in [-0.39, 0.29) is 71.2 Å². The molecule has 1 aromatic carbocycles. The Labute approximate surface area is 333 Å². The van der Waals surface area contributed by atoms with Crippen molar-refractivity contribution < 1.29 is 40.9 Å². The Kier molecular flexibility index (Phi) is 10.0. The van der Waals surface area contributed by atoms with Gasteiger partial charge in [-0.25, -0.2) is 28.5 Å². The maximum absolute atomic E-state index is 15.6. The number of nitrogens with zero attached hydrogens (tertiary/aromatic N) is 8. The smallest absolute Gasteiger partial charge is 0.350 e. The van der Waals surface area contributed by atoms with E-state index in [2.05, 4.69) is 50.8 Å². The van der Waals surface area contributed by atoms with E-state index in [0.29, 0.717) is 23.4 Å². The minimum Gasteiger partial charge on any atom is -0.350 e. The Balaban J connectivity index is 0.845. The van der Waals surface area contributed by atoms with Crippen LogP contribution in [-0.2, 0) is 23.3 Å². The van der Waals surface area contributed by atoms with Gasteiger partial charge in [-0.1, -0.05) is 11.2 Å². The second-order valence-corrected chi connectivity index (χ2v) is 15.9. The number of pyridine rings is 1. The van der Waals surface area contributed by atoms with Gasteiger partial charge >= 0.3 is 12.2 Å². The number of halogens is 5. The number of imide groups is 1. The molecule has 2 aliphatic heterocycles. The van der Waals surface area contributed by atoms with Crippen LogP contribution in [0.4, 0.5) is 32.4 Å². The molecule has 2 saturated heterocycles. The molecule has 0 bridgehead atoms. The molecule has 0 unspecified atom stereocenters. The number of aromatic nitrogens is 7. The highest BCUT2D eigenvalue weighted by atomic mass is 19.4. The Morgan fingerprint density at radius 3 is 2.54 bits per heavy atom. The average Bonchev–Trinajstić information content (AvgIpc) is 3.95. The SMILES string of the molecule is Cc1nc(-c2cc(C(=O)NCc3nc(C(C)(C)C(F)(F)F)n[nH]3)on2)ncc1-c1ncc(CN2CCC3(CC(c4ccc(N5CCC(=O)NC5=O)c(F)c4)C3)C2)cc1F. The lowest BCUT2D eigenvalue weighted by atomic mass is 9.59. The zero-order valence-electron chi connectivity index (χ0n) is 32.1. The third-order valence-corrected chi connectivity index (χ3v) is 11.4.